The molecule has 0 bridgehead atoms. The second kappa shape index (κ2) is 7.42. The van der Waals surface area contributed by atoms with Gasteiger partial charge in [0.15, 0.2) is 0 Å². The molecule has 0 aliphatic carbocycles. The highest BCUT2D eigenvalue weighted by atomic mass is 32.1. The van der Waals surface area contributed by atoms with E-state index in [-0.39, 0.29) is 23.5 Å². The topological polar surface area (TPSA) is 65.5 Å². The Kier molecular flexibility index (Phi) is 6.38. The molecule has 0 saturated heterocycles. The first-order valence-corrected chi connectivity index (χ1v) is 8.61. The summed E-state index contributed by atoms with van der Waals surface area (Å²) in [7, 11) is 0. The van der Waals surface area contributed by atoms with Crippen LogP contribution in [0.2, 0.25) is 0 Å². The van der Waals surface area contributed by atoms with Crippen molar-refractivity contribution in [1.82, 2.24) is 15.2 Å². The minimum atomic E-state index is -0.546. The van der Waals surface area contributed by atoms with E-state index < -0.39 is 6.10 Å². The predicted molar refractivity (Wildman–Crippen MR) is 91.3 cm³/mol. The minimum Gasteiger partial charge on any atom is -0.392 e. The van der Waals surface area contributed by atoms with E-state index in [1.165, 1.54) is 0 Å². The molecule has 0 spiro atoms. The van der Waals surface area contributed by atoms with E-state index >= 15 is 0 Å². The van der Waals surface area contributed by atoms with Crippen molar-refractivity contribution >= 4 is 17.4 Å². The number of aliphatic hydroxyl groups excluding tert-OH is 1. The van der Waals surface area contributed by atoms with Crippen LogP contribution in [0.25, 0.3) is 0 Å². The van der Waals surface area contributed by atoms with Crippen molar-refractivity contribution in [3.63, 3.8) is 0 Å². The molecule has 1 aromatic rings. The van der Waals surface area contributed by atoms with Crippen molar-refractivity contribution in [1.29, 1.82) is 0 Å². The van der Waals surface area contributed by atoms with Crippen LogP contribution in [0.1, 0.15) is 65.2 Å². The third kappa shape index (κ3) is 5.25. The number of thiazole rings is 1. The van der Waals surface area contributed by atoms with Gasteiger partial charge in [0, 0.05) is 23.4 Å². The molecule has 0 fully saturated rings. The van der Waals surface area contributed by atoms with E-state index in [4.69, 9.17) is 0 Å². The van der Waals surface area contributed by atoms with Gasteiger partial charge in [-0.1, -0.05) is 20.8 Å². The second-order valence-electron chi connectivity index (χ2n) is 7.09. The zero-order valence-electron chi connectivity index (χ0n) is 14.7. The monoisotopic (exact) mass is 327 g/mol. The molecule has 0 saturated carbocycles. The summed E-state index contributed by atoms with van der Waals surface area (Å²) in [5.41, 5.74) is 1.05. The molecule has 0 aromatic carbocycles. The number of aromatic nitrogens is 1. The Balaban J connectivity index is 2.76. The Labute approximate surface area is 137 Å². The van der Waals surface area contributed by atoms with Crippen LogP contribution >= 0.6 is 11.3 Å². The van der Waals surface area contributed by atoms with Crippen LogP contribution in [0.3, 0.4) is 0 Å². The lowest BCUT2D eigenvalue weighted by Gasteiger charge is -2.29. The molecule has 1 rings (SSSR count). The molecule has 6 heteroatoms. The fourth-order valence-corrected chi connectivity index (χ4v) is 3.03. The molecule has 2 atom stereocenters. The molecule has 2 amide bonds. The Hall–Kier alpha value is -1.14. The molecule has 0 aliphatic heterocycles. The smallest absolute Gasteiger partial charge is 0.318 e. The van der Waals surface area contributed by atoms with Gasteiger partial charge in [0.2, 0.25) is 0 Å². The van der Waals surface area contributed by atoms with Crippen molar-refractivity contribution in [2.75, 3.05) is 6.54 Å². The summed E-state index contributed by atoms with van der Waals surface area (Å²) in [6.07, 6.45) is -0.546. The maximum absolute atomic E-state index is 12.4. The molecule has 1 aromatic heterocycles. The molecule has 2 N–H and O–H groups in total. The first kappa shape index (κ1) is 18.9. The van der Waals surface area contributed by atoms with Crippen LogP contribution < -0.4 is 5.32 Å². The van der Waals surface area contributed by atoms with Crippen LogP contribution in [-0.4, -0.2) is 39.7 Å². The number of urea groups is 1. The fourth-order valence-electron chi connectivity index (χ4n) is 1.97. The maximum atomic E-state index is 12.4. The molecule has 2 unspecified atom stereocenters. The normalized spacial score (nSPS) is 14.8. The second-order valence-corrected chi connectivity index (χ2v) is 7.98. The average molecular weight is 327 g/mol. The SMILES string of the molecule is CC(O)CN(C(=O)NC(C)c1nc(C(C)(C)C)cs1)C(C)C. The van der Waals surface area contributed by atoms with Gasteiger partial charge in [-0.25, -0.2) is 9.78 Å². The number of nitrogens with one attached hydrogen (secondary N) is 1. The summed E-state index contributed by atoms with van der Waals surface area (Å²) in [5, 5.41) is 15.5. The van der Waals surface area contributed by atoms with Gasteiger partial charge in [-0.05, 0) is 27.7 Å². The van der Waals surface area contributed by atoms with Gasteiger partial charge < -0.3 is 15.3 Å². The molecular weight excluding hydrogens is 298 g/mol. The van der Waals surface area contributed by atoms with Gasteiger partial charge in [0.25, 0.3) is 0 Å². The molecule has 0 aliphatic rings. The van der Waals surface area contributed by atoms with Crippen molar-refractivity contribution in [2.24, 2.45) is 0 Å². The fraction of sp³-hybridized carbons (Fsp3) is 0.750. The maximum Gasteiger partial charge on any atom is 0.318 e. The number of hydrogen-bond donors (Lipinski definition) is 2. The number of aliphatic hydroxyl groups is 1. The lowest BCUT2D eigenvalue weighted by atomic mass is 9.93. The number of nitrogens with zero attached hydrogens (tertiary/aromatic N) is 2. The van der Waals surface area contributed by atoms with Crippen LogP contribution in [0.5, 0.6) is 0 Å². The molecule has 1 heterocycles. The van der Waals surface area contributed by atoms with Gasteiger partial charge in [-0.15, -0.1) is 11.3 Å². The lowest BCUT2D eigenvalue weighted by molar-refractivity contribution is 0.117. The van der Waals surface area contributed by atoms with E-state index in [9.17, 15) is 9.90 Å². The Morgan fingerprint density at radius 1 is 1.36 bits per heavy atom. The lowest BCUT2D eigenvalue weighted by Crippen LogP contribution is -2.47. The molecular formula is C16H29N3O2S. The highest BCUT2D eigenvalue weighted by Crippen LogP contribution is 2.26. The highest BCUT2D eigenvalue weighted by Gasteiger charge is 2.23. The highest BCUT2D eigenvalue weighted by molar-refractivity contribution is 7.09. The first-order chi connectivity index (χ1) is 10.0. The van der Waals surface area contributed by atoms with Gasteiger partial charge in [0.1, 0.15) is 5.01 Å². The number of hydrogen-bond acceptors (Lipinski definition) is 4. The van der Waals surface area contributed by atoms with E-state index in [1.54, 1.807) is 23.2 Å². The zero-order chi connectivity index (χ0) is 17.1. The van der Waals surface area contributed by atoms with E-state index in [2.05, 4.69) is 31.1 Å². The predicted octanol–water partition coefficient (Wildman–Crippen LogP) is 3.30. The van der Waals surface area contributed by atoms with E-state index in [0.717, 1.165) is 10.7 Å². The Bertz CT molecular complexity index is 492. The number of amides is 2. The van der Waals surface area contributed by atoms with Crippen molar-refractivity contribution in [2.45, 2.75) is 72.1 Å². The van der Waals surface area contributed by atoms with Crippen molar-refractivity contribution in [3.8, 4) is 0 Å². The summed E-state index contributed by atoms with van der Waals surface area (Å²) in [5.74, 6) is 0. The third-order valence-corrected chi connectivity index (χ3v) is 4.37. The minimum absolute atomic E-state index is 0.00870. The van der Waals surface area contributed by atoms with E-state index in [1.807, 2.05) is 26.2 Å². The zero-order valence-corrected chi connectivity index (χ0v) is 15.5. The third-order valence-electron chi connectivity index (χ3n) is 3.35. The van der Waals surface area contributed by atoms with Gasteiger partial charge in [-0.3, -0.25) is 0 Å². The van der Waals surface area contributed by atoms with Gasteiger partial charge in [-0.2, -0.15) is 0 Å². The number of carbonyl (C=O) groups is 1. The van der Waals surface area contributed by atoms with Crippen LogP contribution in [0.15, 0.2) is 5.38 Å². The van der Waals surface area contributed by atoms with Crippen molar-refractivity contribution in [3.05, 3.63) is 16.1 Å². The van der Waals surface area contributed by atoms with Crippen LogP contribution in [0, 0.1) is 0 Å². The van der Waals surface area contributed by atoms with Gasteiger partial charge >= 0.3 is 6.03 Å². The molecule has 126 valence electrons. The Morgan fingerprint density at radius 2 is 1.95 bits per heavy atom. The summed E-state index contributed by atoms with van der Waals surface area (Å²) < 4.78 is 0. The summed E-state index contributed by atoms with van der Waals surface area (Å²) in [4.78, 5) is 18.7. The average Bonchev–Trinajstić information content (AvgIpc) is 2.84. The summed E-state index contributed by atoms with van der Waals surface area (Å²) in [6.45, 7) is 14.2. The summed E-state index contributed by atoms with van der Waals surface area (Å²) in [6, 6.07) is -0.289. The van der Waals surface area contributed by atoms with Crippen LogP contribution in [0.4, 0.5) is 4.79 Å². The number of rotatable bonds is 5. The summed E-state index contributed by atoms with van der Waals surface area (Å²) >= 11 is 1.57. The Morgan fingerprint density at radius 3 is 2.36 bits per heavy atom. The molecule has 22 heavy (non-hydrogen) atoms. The quantitative estimate of drug-likeness (QED) is 0.872. The first-order valence-electron chi connectivity index (χ1n) is 7.73. The number of carbonyl (C=O) groups excluding carboxylic acids is 1. The molecule has 5 nitrogen and oxygen atoms in total. The largest absolute Gasteiger partial charge is 0.392 e. The van der Waals surface area contributed by atoms with Crippen molar-refractivity contribution < 1.29 is 9.90 Å². The van der Waals surface area contributed by atoms with Gasteiger partial charge in [0.05, 0.1) is 17.8 Å². The standard InChI is InChI=1S/C16H29N3O2S/c1-10(2)19(8-11(3)20)15(21)17-12(4)14-18-13(9-22-14)16(5,6)7/h9-12,20H,8H2,1-7H3,(H,17,21). The van der Waals surface area contributed by atoms with Crippen LogP contribution in [-0.2, 0) is 5.41 Å². The van der Waals surface area contributed by atoms with E-state index in [0.29, 0.717) is 6.54 Å². The molecule has 0 radical (unpaired) electrons.